The lowest BCUT2D eigenvalue weighted by Crippen LogP contribution is -2.50. The maximum Gasteiger partial charge on any atom is 0.269 e. The van der Waals surface area contributed by atoms with Gasteiger partial charge in [-0.15, -0.1) is 5.10 Å². The summed E-state index contributed by atoms with van der Waals surface area (Å²) in [6, 6.07) is 5.58. The molecule has 1 saturated heterocycles. The van der Waals surface area contributed by atoms with Crippen molar-refractivity contribution in [3.05, 3.63) is 46.3 Å². The van der Waals surface area contributed by atoms with Crippen molar-refractivity contribution in [2.45, 2.75) is 31.1 Å². The molecule has 0 aliphatic carbocycles. The Morgan fingerprint density at radius 3 is 2.68 bits per heavy atom. The van der Waals surface area contributed by atoms with Crippen LogP contribution in [-0.2, 0) is 11.3 Å². The first-order chi connectivity index (χ1) is 12.0. The van der Waals surface area contributed by atoms with Gasteiger partial charge in [-0.3, -0.25) is 10.1 Å². The van der Waals surface area contributed by atoms with Gasteiger partial charge in [0.1, 0.15) is 36.4 Å². The Hall–Kier alpha value is -2.60. The van der Waals surface area contributed by atoms with Gasteiger partial charge in [0.25, 0.3) is 5.69 Å². The van der Waals surface area contributed by atoms with Gasteiger partial charge in [-0.1, -0.05) is 5.21 Å². The van der Waals surface area contributed by atoms with E-state index in [4.69, 9.17) is 9.47 Å². The number of aliphatic hydroxyl groups is 3. The Balaban J connectivity index is 1.61. The predicted molar refractivity (Wildman–Crippen MR) is 80.5 cm³/mol. The molecule has 4 unspecified atom stereocenters. The van der Waals surface area contributed by atoms with Crippen LogP contribution in [0.5, 0.6) is 5.75 Å². The van der Waals surface area contributed by atoms with E-state index >= 15 is 0 Å². The van der Waals surface area contributed by atoms with Crippen molar-refractivity contribution in [1.29, 1.82) is 0 Å². The lowest BCUT2D eigenvalue weighted by Gasteiger charge is -2.34. The van der Waals surface area contributed by atoms with Gasteiger partial charge in [0.2, 0.25) is 0 Å². The van der Waals surface area contributed by atoms with Crippen LogP contribution < -0.4 is 4.74 Å². The maximum atomic E-state index is 10.6. The molecule has 3 N–H and O–H groups in total. The van der Waals surface area contributed by atoms with Gasteiger partial charge in [-0.05, 0) is 12.1 Å². The first-order valence-corrected chi connectivity index (χ1v) is 7.39. The standard InChI is InChI=1S/C14H16N4O7/c19-11-7-25-14(13(21)12(11)20)17-5-8(15-16-17)6-24-10-3-1-9(2-4-10)18(22)23/h1-5,11-14,19-21H,6-7H2. The SMILES string of the molecule is O=[N+]([O-])c1ccc(OCc2cn(C3OCC(O)C(O)C3O)nn2)cc1. The number of benzene rings is 1. The van der Waals surface area contributed by atoms with Crippen LogP contribution in [0.1, 0.15) is 11.9 Å². The summed E-state index contributed by atoms with van der Waals surface area (Å²) >= 11 is 0. The van der Waals surface area contributed by atoms with E-state index in [2.05, 4.69) is 10.3 Å². The van der Waals surface area contributed by atoms with Crippen molar-refractivity contribution < 1.29 is 29.7 Å². The molecule has 2 heterocycles. The van der Waals surface area contributed by atoms with E-state index < -0.39 is 29.5 Å². The Kier molecular flexibility index (Phi) is 4.90. The fourth-order valence-electron chi connectivity index (χ4n) is 2.35. The molecule has 1 fully saturated rings. The van der Waals surface area contributed by atoms with Crippen LogP contribution in [0.3, 0.4) is 0 Å². The molecular formula is C14H16N4O7. The van der Waals surface area contributed by atoms with Crippen molar-refractivity contribution in [3.63, 3.8) is 0 Å². The molecule has 0 amide bonds. The van der Waals surface area contributed by atoms with E-state index in [1.54, 1.807) is 0 Å². The van der Waals surface area contributed by atoms with Crippen LogP contribution in [0, 0.1) is 10.1 Å². The minimum Gasteiger partial charge on any atom is -0.487 e. The molecule has 0 spiro atoms. The van der Waals surface area contributed by atoms with Gasteiger partial charge in [0.05, 0.1) is 17.7 Å². The van der Waals surface area contributed by atoms with Crippen molar-refractivity contribution >= 4 is 5.69 Å². The van der Waals surface area contributed by atoms with Crippen LogP contribution in [0.2, 0.25) is 0 Å². The molecule has 11 heteroatoms. The highest BCUT2D eigenvalue weighted by Gasteiger charge is 2.39. The minimum absolute atomic E-state index is 0.0394. The monoisotopic (exact) mass is 352 g/mol. The third-order valence-electron chi connectivity index (χ3n) is 3.73. The number of ether oxygens (including phenoxy) is 2. The number of nitro groups is 1. The van der Waals surface area contributed by atoms with Crippen LogP contribution in [0.4, 0.5) is 5.69 Å². The molecule has 3 rings (SSSR count). The maximum absolute atomic E-state index is 10.6. The molecule has 0 saturated carbocycles. The first kappa shape index (κ1) is 17.2. The van der Waals surface area contributed by atoms with Crippen molar-refractivity contribution in [2.75, 3.05) is 6.61 Å². The van der Waals surface area contributed by atoms with E-state index in [1.165, 1.54) is 35.1 Å². The fourth-order valence-corrected chi connectivity index (χ4v) is 2.35. The van der Waals surface area contributed by atoms with Crippen LogP contribution in [-0.4, -0.2) is 60.2 Å². The largest absolute Gasteiger partial charge is 0.487 e. The zero-order valence-electron chi connectivity index (χ0n) is 12.9. The summed E-state index contributed by atoms with van der Waals surface area (Å²) < 4.78 is 12.0. The third-order valence-corrected chi connectivity index (χ3v) is 3.73. The summed E-state index contributed by atoms with van der Waals surface area (Å²) in [5.74, 6) is 0.424. The second-order valence-electron chi connectivity index (χ2n) is 5.50. The van der Waals surface area contributed by atoms with Crippen molar-refractivity contribution in [2.24, 2.45) is 0 Å². The number of nitrogens with zero attached hydrogens (tertiary/aromatic N) is 4. The number of aliphatic hydroxyl groups excluding tert-OH is 3. The van der Waals surface area contributed by atoms with Crippen LogP contribution >= 0.6 is 0 Å². The highest BCUT2D eigenvalue weighted by atomic mass is 16.6. The quantitative estimate of drug-likeness (QED) is 0.472. The smallest absolute Gasteiger partial charge is 0.269 e. The third kappa shape index (κ3) is 3.74. The number of hydrogen-bond donors (Lipinski definition) is 3. The van der Waals surface area contributed by atoms with Gasteiger partial charge >= 0.3 is 0 Å². The second-order valence-corrected chi connectivity index (χ2v) is 5.50. The van der Waals surface area contributed by atoms with Crippen molar-refractivity contribution in [1.82, 2.24) is 15.0 Å². The molecule has 1 aromatic heterocycles. The molecule has 11 nitrogen and oxygen atoms in total. The molecule has 4 atom stereocenters. The molecular weight excluding hydrogens is 336 g/mol. The summed E-state index contributed by atoms with van der Waals surface area (Å²) in [5.41, 5.74) is 0.386. The average Bonchev–Trinajstić information content (AvgIpc) is 3.07. The number of rotatable bonds is 5. The summed E-state index contributed by atoms with van der Waals surface area (Å²) in [4.78, 5) is 10.1. The van der Waals surface area contributed by atoms with Gasteiger partial charge in [0.15, 0.2) is 6.23 Å². The lowest BCUT2D eigenvalue weighted by molar-refractivity contribution is -0.384. The van der Waals surface area contributed by atoms with E-state index in [1.807, 2.05) is 0 Å². The summed E-state index contributed by atoms with van der Waals surface area (Å²) in [5, 5.41) is 47.3. The fraction of sp³-hybridized carbons (Fsp3) is 0.429. The van der Waals surface area contributed by atoms with Crippen molar-refractivity contribution in [3.8, 4) is 5.75 Å². The highest BCUT2D eigenvalue weighted by molar-refractivity contribution is 5.35. The zero-order chi connectivity index (χ0) is 18.0. The van der Waals surface area contributed by atoms with Gasteiger partial charge in [-0.25, -0.2) is 4.68 Å². The Labute approximate surface area is 141 Å². The van der Waals surface area contributed by atoms with Gasteiger partial charge in [-0.2, -0.15) is 0 Å². The van der Waals surface area contributed by atoms with E-state index in [0.29, 0.717) is 11.4 Å². The Bertz CT molecular complexity index is 735. The van der Waals surface area contributed by atoms with E-state index in [9.17, 15) is 25.4 Å². The molecule has 25 heavy (non-hydrogen) atoms. The van der Waals surface area contributed by atoms with Crippen LogP contribution in [0.25, 0.3) is 0 Å². The molecule has 2 aromatic rings. The van der Waals surface area contributed by atoms with Crippen LogP contribution in [0.15, 0.2) is 30.5 Å². The first-order valence-electron chi connectivity index (χ1n) is 7.39. The zero-order valence-corrected chi connectivity index (χ0v) is 12.9. The van der Waals surface area contributed by atoms with Gasteiger partial charge < -0.3 is 24.8 Å². The second kappa shape index (κ2) is 7.11. The number of hydrogen-bond acceptors (Lipinski definition) is 9. The minimum atomic E-state index is -1.35. The normalized spacial score (nSPS) is 26.4. The number of nitro benzene ring substituents is 1. The Morgan fingerprint density at radius 2 is 2.00 bits per heavy atom. The van der Waals surface area contributed by atoms with E-state index in [-0.39, 0.29) is 18.9 Å². The van der Waals surface area contributed by atoms with E-state index in [0.717, 1.165) is 0 Å². The lowest BCUT2D eigenvalue weighted by atomic mass is 10.0. The molecule has 0 radical (unpaired) electrons. The Morgan fingerprint density at radius 1 is 1.28 bits per heavy atom. The highest BCUT2D eigenvalue weighted by Crippen LogP contribution is 2.24. The summed E-state index contributed by atoms with van der Waals surface area (Å²) in [6.45, 7) is -0.0941. The molecule has 134 valence electrons. The predicted octanol–water partition coefficient (Wildman–Crippen LogP) is -0.623. The average molecular weight is 352 g/mol. The molecule has 0 bridgehead atoms. The number of non-ortho nitro benzene ring substituents is 1. The molecule has 1 aliphatic rings. The van der Waals surface area contributed by atoms with Gasteiger partial charge in [0, 0.05) is 12.1 Å². The summed E-state index contributed by atoms with van der Waals surface area (Å²) in [7, 11) is 0. The molecule has 1 aromatic carbocycles. The number of aromatic nitrogens is 3. The summed E-state index contributed by atoms with van der Waals surface area (Å²) in [6.07, 6.45) is -3.36. The topological polar surface area (TPSA) is 153 Å². The molecule has 1 aliphatic heterocycles.